The highest BCUT2D eigenvalue weighted by molar-refractivity contribution is 7.11. The summed E-state index contributed by atoms with van der Waals surface area (Å²) in [5.41, 5.74) is 3.26. The molecule has 1 atom stereocenters. The maximum Gasteiger partial charge on any atom is 0.223 e. The minimum absolute atomic E-state index is 0.269. The van der Waals surface area contributed by atoms with Crippen LogP contribution in [0, 0.1) is 6.92 Å². The molecule has 166 valence electrons. The lowest BCUT2D eigenvalue weighted by atomic mass is 9.73. The predicted molar refractivity (Wildman–Crippen MR) is 128 cm³/mol. The van der Waals surface area contributed by atoms with Gasteiger partial charge in [-0.15, -0.1) is 11.3 Å². The summed E-state index contributed by atoms with van der Waals surface area (Å²) >= 11 is 1.93. The maximum absolute atomic E-state index is 13.1. The van der Waals surface area contributed by atoms with Gasteiger partial charge in [0.2, 0.25) is 5.91 Å². The Labute approximate surface area is 190 Å². The van der Waals surface area contributed by atoms with Crippen LogP contribution < -0.4 is 0 Å². The molecule has 2 aromatic rings. The SMILES string of the molecule is Cc1ccc(CN2CCC3(CC2)CC(CC(=O)N2CCN(C)CC2)c2ccccc23)s1. The first-order valence-electron chi connectivity index (χ1n) is 11.9. The number of carbonyl (C=O) groups excluding carboxylic acids is 1. The molecule has 0 bridgehead atoms. The van der Waals surface area contributed by atoms with E-state index < -0.39 is 0 Å². The molecule has 3 heterocycles. The van der Waals surface area contributed by atoms with Crippen LogP contribution in [0.15, 0.2) is 36.4 Å². The smallest absolute Gasteiger partial charge is 0.223 e. The van der Waals surface area contributed by atoms with Gasteiger partial charge < -0.3 is 9.80 Å². The third kappa shape index (κ3) is 4.33. The molecule has 4 nitrogen and oxygen atoms in total. The van der Waals surface area contributed by atoms with Gasteiger partial charge in [-0.2, -0.15) is 0 Å². The molecule has 5 heteroatoms. The molecule has 1 aromatic heterocycles. The highest BCUT2D eigenvalue weighted by Gasteiger charge is 2.45. The Morgan fingerprint density at radius 2 is 1.77 bits per heavy atom. The molecule has 0 saturated carbocycles. The fourth-order valence-electron chi connectivity index (χ4n) is 6.01. The molecule has 1 spiro atoms. The van der Waals surface area contributed by atoms with Crippen molar-refractivity contribution in [3.63, 3.8) is 0 Å². The zero-order valence-electron chi connectivity index (χ0n) is 19.0. The molecule has 1 aliphatic carbocycles. The normalized spacial score (nSPS) is 23.9. The number of benzene rings is 1. The van der Waals surface area contributed by atoms with Crippen LogP contribution in [0.25, 0.3) is 0 Å². The molecule has 31 heavy (non-hydrogen) atoms. The van der Waals surface area contributed by atoms with Gasteiger partial charge in [0.15, 0.2) is 0 Å². The molecule has 2 fully saturated rings. The van der Waals surface area contributed by atoms with Crippen molar-refractivity contribution in [2.45, 2.75) is 50.5 Å². The second-order valence-corrected chi connectivity index (χ2v) is 11.3. The Balaban J connectivity index is 1.26. The van der Waals surface area contributed by atoms with E-state index in [1.165, 1.54) is 33.7 Å². The number of piperazine rings is 1. The molecule has 1 unspecified atom stereocenters. The fourth-order valence-corrected chi connectivity index (χ4v) is 6.94. The van der Waals surface area contributed by atoms with Gasteiger partial charge >= 0.3 is 0 Å². The quantitative estimate of drug-likeness (QED) is 0.716. The van der Waals surface area contributed by atoms with Crippen LogP contribution >= 0.6 is 11.3 Å². The van der Waals surface area contributed by atoms with Gasteiger partial charge in [0.1, 0.15) is 0 Å². The minimum atomic E-state index is 0.269. The van der Waals surface area contributed by atoms with Crippen molar-refractivity contribution in [1.29, 1.82) is 0 Å². The van der Waals surface area contributed by atoms with Crippen molar-refractivity contribution in [3.8, 4) is 0 Å². The van der Waals surface area contributed by atoms with E-state index in [2.05, 4.69) is 65.1 Å². The van der Waals surface area contributed by atoms with Crippen LogP contribution in [-0.2, 0) is 16.8 Å². The van der Waals surface area contributed by atoms with Crippen LogP contribution in [0.3, 0.4) is 0 Å². The van der Waals surface area contributed by atoms with Gasteiger partial charge in [-0.25, -0.2) is 0 Å². The molecule has 2 saturated heterocycles. The number of thiophene rings is 1. The first-order valence-corrected chi connectivity index (χ1v) is 12.7. The Bertz CT molecular complexity index is 922. The number of carbonyl (C=O) groups is 1. The molecule has 0 radical (unpaired) electrons. The summed E-state index contributed by atoms with van der Waals surface area (Å²) in [5.74, 6) is 0.741. The van der Waals surface area contributed by atoms with Crippen LogP contribution in [0.2, 0.25) is 0 Å². The predicted octanol–water partition coefficient (Wildman–Crippen LogP) is 4.24. The van der Waals surface area contributed by atoms with Gasteiger partial charge in [0.25, 0.3) is 0 Å². The van der Waals surface area contributed by atoms with Gasteiger partial charge in [0.05, 0.1) is 0 Å². The summed E-state index contributed by atoms with van der Waals surface area (Å²) < 4.78 is 0. The third-order valence-corrected chi connectivity index (χ3v) is 8.86. The number of aryl methyl sites for hydroxylation is 1. The van der Waals surface area contributed by atoms with Gasteiger partial charge in [0, 0.05) is 48.9 Å². The number of fused-ring (bicyclic) bond motifs is 2. The van der Waals surface area contributed by atoms with Crippen molar-refractivity contribution in [1.82, 2.24) is 14.7 Å². The van der Waals surface area contributed by atoms with Crippen molar-refractivity contribution in [2.24, 2.45) is 0 Å². The standard InChI is InChI=1S/C26H35N3OS/c1-20-7-8-22(31-20)19-28-11-9-26(10-12-28)18-21(23-5-3-4-6-24(23)26)17-25(30)29-15-13-27(2)14-16-29/h3-8,21H,9-19H2,1-2H3. The fraction of sp³-hybridized carbons (Fsp3) is 0.577. The Kier molecular flexibility index (Phi) is 5.93. The summed E-state index contributed by atoms with van der Waals surface area (Å²) in [6, 6.07) is 13.5. The van der Waals surface area contributed by atoms with Crippen LogP contribution in [0.1, 0.15) is 52.5 Å². The molecular formula is C26H35N3OS. The number of hydrogen-bond acceptors (Lipinski definition) is 4. The number of likely N-dealkylation sites (N-methyl/N-ethyl adjacent to an activating group) is 1. The topological polar surface area (TPSA) is 26.8 Å². The van der Waals surface area contributed by atoms with E-state index in [4.69, 9.17) is 0 Å². The van der Waals surface area contributed by atoms with Crippen molar-refractivity contribution < 1.29 is 4.79 Å². The van der Waals surface area contributed by atoms with E-state index in [0.29, 0.717) is 18.2 Å². The molecular weight excluding hydrogens is 402 g/mol. The second kappa shape index (κ2) is 8.68. The Hall–Kier alpha value is -1.69. The summed E-state index contributed by atoms with van der Waals surface area (Å²) in [6.07, 6.45) is 4.26. The summed E-state index contributed by atoms with van der Waals surface area (Å²) in [7, 11) is 2.14. The number of hydrogen-bond donors (Lipinski definition) is 0. The van der Waals surface area contributed by atoms with Crippen LogP contribution in [0.4, 0.5) is 0 Å². The minimum Gasteiger partial charge on any atom is -0.340 e. The van der Waals surface area contributed by atoms with Crippen molar-refractivity contribution in [3.05, 3.63) is 57.3 Å². The number of piperidine rings is 1. The number of rotatable bonds is 4. The molecule has 1 amide bonds. The van der Waals surface area contributed by atoms with E-state index in [1.54, 1.807) is 0 Å². The maximum atomic E-state index is 13.1. The monoisotopic (exact) mass is 437 g/mol. The lowest BCUT2D eigenvalue weighted by Gasteiger charge is -2.40. The lowest BCUT2D eigenvalue weighted by Crippen LogP contribution is -2.47. The number of amides is 1. The lowest BCUT2D eigenvalue weighted by molar-refractivity contribution is -0.133. The van der Waals surface area contributed by atoms with Crippen molar-refractivity contribution in [2.75, 3.05) is 46.3 Å². The molecule has 5 rings (SSSR count). The largest absolute Gasteiger partial charge is 0.340 e. The zero-order valence-corrected chi connectivity index (χ0v) is 19.8. The first kappa shape index (κ1) is 21.2. The van der Waals surface area contributed by atoms with E-state index in [1.807, 2.05) is 11.3 Å². The zero-order chi connectivity index (χ0) is 21.4. The van der Waals surface area contributed by atoms with Gasteiger partial charge in [-0.3, -0.25) is 9.69 Å². The highest BCUT2D eigenvalue weighted by Crippen LogP contribution is 2.52. The highest BCUT2D eigenvalue weighted by atomic mass is 32.1. The van der Waals surface area contributed by atoms with E-state index in [0.717, 1.165) is 52.2 Å². The first-order chi connectivity index (χ1) is 15.0. The molecule has 2 aliphatic heterocycles. The molecule has 0 N–H and O–H groups in total. The summed E-state index contributed by atoms with van der Waals surface area (Å²) in [4.78, 5) is 23.0. The van der Waals surface area contributed by atoms with E-state index in [9.17, 15) is 4.79 Å². The summed E-state index contributed by atoms with van der Waals surface area (Å²) in [5, 5.41) is 0. The number of likely N-dealkylation sites (tertiary alicyclic amines) is 1. The molecule has 3 aliphatic rings. The van der Waals surface area contributed by atoms with Crippen LogP contribution in [0.5, 0.6) is 0 Å². The van der Waals surface area contributed by atoms with Gasteiger partial charge in [-0.05, 0) is 80.9 Å². The average molecular weight is 438 g/mol. The molecule has 1 aromatic carbocycles. The van der Waals surface area contributed by atoms with Gasteiger partial charge in [-0.1, -0.05) is 24.3 Å². The second-order valence-electron chi connectivity index (χ2n) is 9.95. The number of nitrogens with zero attached hydrogens (tertiary/aromatic N) is 3. The Morgan fingerprint density at radius 3 is 2.48 bits per heavy atom. The van der Waals surface area contributed by atoms with Crippen LogP contribution in [-0.4, -0.2) is 66.9 Å². The summed E-state index contributed by atoms with van der Waals surface area (Å²) in [6.45, 7) is 9.35. The van der Waals surface area contributed by atoms with Crippen molar-refractivity contribution >= 4 is 17.2 Å². The third-order valence-electron chi connectivity index (χ3n) is 7.87. The Morgan fingerprint density at radius 1 is 1.03 bits per heavy atom. The van der Waals surface area contributed by atoms with E-state index in [-0.39, 0.29) is 5.41 Å². The average Bonchev–Trinajstić information content (AvgIpc) is 3.32. The van der Waals surface area contributed by atoms with E-state index >= 15 is 0 Å².